The minimum atomic E-state index is 0.636. The molecule has 0 amide bonds. The van der Waals surface area contributed by atoms with Gasteiger partial charge in [-0.1, -0.05) is 157 Å². The number of furan rings is 1. The molecule has 0 aliphatic carbocycles. The summed E-state index contributed by atoms with van der Waals surface area (Å²) in [5, 5.41) is 9.97. The fraction of sp³-hybridized carbons (Fsp3) is 0. The van der Waals surface area contributed by atoms with Crippen LogP contribution in [0.25, 0.3) is 116 Å². The van der Waals surface area contributed by atoms with E-state index >= 15 is 0 Å². The zero-order chi connectivity index (χ0) is 52.1. The van der Waals surface area contributed by atoms with Crippen LogP contribution in [0.4, 0.5) is 0 Å². The smallest absolute Gasteiger partial charge is 0.164 e. The largest absolute Gasteiger partial charge is 0.454 e. The highest BCUT2D eigenvalue weighted by Crippen LogP contribution is 2.42. The van der Waals surface area contributed by atoms with Gasteiger partial charge in [-0.25, -0.2) is 15.0 Å². The summed E-state index contributed by atoms with van der Waals surface area (Å²) in [4.78, 5) is 15.5. The third-order valence-electron chi connectivity index (χ3n) is 18.2. The van der Waals surface area contributed by atoms with E-state index in [1.54, 1.807) is 0 Å². The first-order valence-corrected chi connectivity index (χ1v) is 26.2. The van der Waals surface area contributed by atoms with Gasteiger partial charge in [0.05, 0.1) is 5.69 Å². The lowest BCUT2D eigenvalue weighted by Crippen LogP contribution is -2.50. The van der Waals surface area contributed by atoms with E-state index in [-0.39, 0.29) is 0 Å². The van der Waals surface area contributed by atoms with Gasteiger partial charge in [-0.15, -0.1) is 21.9 Å². The number of rotatable bonds is 5. The average molecular weight is 930 g/mol. The number of hydrogen-bond donors (Lipinski definition) is 0. The molecule has 3 aromatic heterocycles. The maximum Gasteiger partial charge on any atom is 0.164 e. The predicted molar refractivity (Wildman–Crippen MR) is 369 cm³/mol. The SMILES string of the molecule is Bc1c(B)c(B)c2c(oc3c(-n4c5c(B)c(B)c(B)c(B)c5c5c(B)c6c(B)c(B)c(B)c(B)c6c(B)c54)c(B)c(B)c(-c4ccc(-c5nc(-c6ccccc6)nc(-c6ccccc6)n5)c5ccccc45)c32)c1B. The third-order valence-corrected chi connectivity index (χ3v) is 18.2. The molecule has 0 radical (unpaired) electrons. The van der Waals surface area contributed by atoms with Crippen molar-refractivity contribution in [2.24, 2.45) is 0 Å². The first-order chi connectivity index (χ1) is 35.4. The Labute approximate surface area is 447 Å². The Morgan fingerprint density at radius 2 is 0.716 bits per heavy atom. The highest BCUT2D eigenvalue weighted by atomic mass is 16.3. The molecule has 0 saturated carbocycles. The van der Waals surface area contributed by atoms with Crippen LogP contribution in [-0.4, -0.2) is 145 Å². The second kappa shape index (κ2) is 17.4. The lowest BCUT2D eigenvalue weighted by atomic mass is 9.61. The van der Waals surface area contributed by atoms with Gasteiger partial charge in [0.15, 0.2) is 23.1 Å². The van der Waals surface area contributed by atoms with E-state index < -0.39 is 0 Å². The number of hydrogen-bond acceptors (Lipinski definition) is 4. The molecular weight excluding hydrogens is 882 g/mol. The van der Waals surface area contributed by atoms with Gasteiger partial charge in [-0.3, -0.25) is 0 Å². The zero-order valence-corrected chi connectivity index (χ0v) is 45.9. The molecule has 0 atom stereocenters. The zero-order valence-electron chi connectivity index (χ0n) is 45.9. The van der Waals surface area contributed by atoms with E-state index in [1.165, 1.54) is 131 Å². The molecule has 0 unspecified atom stereocenters. The van der Waals surface area contributed by atoms with Crippen LogP contribution in [0.15, 0.2) is 101 Å². The molecule has 12 aromatic rings. The molecule has 0 N–H and O–H groups in total. The minimum Gasteiger partial charge on any atom is -0.454 e. The molecule has 21 heteroatoms. The van der Waals surface area contributed by atoms with E-state index in [0.29, 0.717) is 17.5 Å². The summed E-state index contributed by atoms with van der Waals surface area (Å²) in [6, 6.07) is 33.8. The van der Waals surface area contributed by atoms with Crippen LogP contribution in [0.3, 0.4) is 0 Å². The molecule has 0 saturated heterocycles. The van der Waals surface area contributed by atoms with Crippen molar-refractivity contribution in [2.45, 2.75) is 0 Å². The molecule has 3 heterocycles. The summed E-state index contributed by atoms with van der Waals surface area (Å²) >= 11 is 0. The molecule has 0 aliphatic rings. The molecule has 0 spiro atoms. The highest BCUT2D eigenvalue weighted by Gasteiger charge is 2.31. The van der Waals surface area contributed by atoms with Gasteiger partial charge in [0.1, 0.15) is 131 Å². The first kappa shape index (κ1) is 48.1. The average Bonchev–Trinajstić information content (AvgIpc) is 4.00. The van der Waals surface area contributed by atoms with E-state index in [2.05, 4.69) is 191 Å². The van der Waals surface area contributed by atoms with E-state index in [9.17, 15) is 0 Å². The van der Waals surface area contributed by atoms with E-state index in [1.807, 2.05) is 36.4 Å². The summed E-state index contributed by atoms with van der Waals surface area (Å²) in [6.07, 6.45) is 0. The number of nitrogens with zero attached hydrogens (tertiary/aromatic N) is 4. The van der Waals surface area contributed by atoms with Crippen LogP contribution in [0.1, 0.15) is 0 Å². The molecular formula is C53H48B16N4O. The summed E-state index contributed by atoms with van der Waals surface area (Å²) in [6.45, 7) is 0. The van der Waals surface area contributed by atoms with Gasteiger partial charge in [0.2, 0.25) is 0 Å². The maximum absolute atomic E-state index is 7.68. The van der Waals surface area contributed by atoms with Crippen molar-refractivity contribution in [3.05, 3.63) is 97.1 Å². The van der Waals surface area contributed by atoms with Crippen molar-refractivity contribution in [2.75, 3.05) is 0 Å². The summed E-state index contributed by atoms with van der Waals surface area (Å²) in [5.74, 6) is 1.92. The summed E-state index contributed by atoms with van der Waals surface area (Å²) in [7, 11) is 37.1. The van der Waals surface area contributed by atoms with Crippen LogP contribution in [0.5, 0.6) is 0 Å². The molecule has 9 aromatic carbocycles. The molecule has 12 rings (SSSR count). The first-order valence-electron chi connectivity index (χ1n) is 26.2. The number of aromatic nitrogens is 4. The fourth-order valence-electron chi connectivity index (χ4n) is 13.0. The molecule has 334 valence electrons. The van der Waals surface area contributed by atoms with Crippen molar-refractivity contribution in [1.82, 2.24) is 19.5 Å². The molecule has 0 fully saturated rings. The number of fused-ring (bicyclic) bond motifs is 8. The fourth-order valence-corrected chi connectivity index (χ4v) is 13.0. The van der Waals surface area contributed by atoms with E-state index in [0.717, 1.165) is 55.3 Å². The van der Waals surface area contributed by atoms with Crippen LogP contribution in [-0.2, 0) is 0 Å². The van der Waals surface area contributed by atoms with Gasteiger partial charge in [-0.2, -0.15) is 0 Å². The predicted octanol–water partition coefficient (Wildman–Crippen LogP) is -14.0. The Morgan fingerprint density at radius 1 is 0.297 bits per heavy atom. The Balaban J connectivity index is 1.24. The van der Waals surface area contributed by atoms with E-state index in [4.69, 9.17) is 19.4 Å². The van der Waals surface area contributed by atoms with Crippen LogP contribution < -0.4 is 87.4 Å². The van der Waals surface area contributed by atoms with Gasteiger partial charge >= 0.3 is 0 Å². The van der Waals surface area contributed by atoms with Crippen molar-refractivity contribution >= 4 is 278 Å². The Hall–Kier alpha value is -6.85. The second-order valence-corrected chi connectivity index (χ2v) is 21.5. The minimum absolute atomic E-state index is 0.636. The van der Waals surface area contributed by atoms with Crippen LogP contribution >= 0.6 is 0 Å². The number of benzene rings is 9. The second-order valence-electron chi connectivity index (χ2n) is 21.5. The standard InChI is InChI=1S/C53H48B16N4O/c54-30-25-26(33(57)38(62)37(61)32(25)56)36(60)46-27(30)28-34(58)39(63)41(65)44(68)47(28)73(46)48-43(67)31(55)23(24-29-35(59)40(64)42(66)45(69)49(29)74-50(24)48)21-15-16-22(20-14-8-7-13-19(20)21)53-71-51(17-9-3-1-4-10-17)70-52(72-53)18-11-5-2-6-12-18/h1-16H,54-69H2. The summed E-state index contributed by atoms with van der Waals surface area (Å²) < 4.78 is 10.3. The lowest BCUT2D eigenvalue weighted by Gasteiger charge is -2.24. The Morgan fingerprint density at radius 3 is 1.28 bits per heavy atom. The quantitative estimate of drug-likeness (QED) is 0.161. The van der Waals surface area contributed by atoms with Crippen molar-refractivity contribution in [3.8, 4) is 51.0 Å². The van der Waals surface area contributed by atoms with Crippen LogP contribution in [0, 0.1) is 0 Å². The van der Waals surface area contributed by atoms with Crippen molar-refractivity contribution in [3.63, 3.8) is 0 Å². The Kier molecular flexibility index (Phi) is 11.3. The van der Waals surface area contributed by atoms with Crippen molar-refractivity contribution in [1.29, 1.82) is 0 Å². The normalized spacial score (nSPS) is 11.8. The monoisotopic (exact) mass is 933 g/mol. The summed E-state index contributed by atoms with van der Waals surface area (Å²) in [5.41, 5.74) is 31.6. The molecule has 5 nitrogen and oxygen atoms in total. The van der Waals surface area contributed by atoms with Gasteiger partial charge in [0, 0.05) is 43.9 Å². The lowest BCUT2D eigenvalue weighted by molar-refractivity contribution is 0.670. The maximum atomic E-state index is 7.68. The van der Waals surface area contributed by atoms with Gasteiger partial charge in [-0.05, 0) is 44.1 Å². The van der Waals surface area contributed by atoms with Crippen LogP contribution in [0.2, 0.25) is 0 Å². The molecule has 74 heavy (non-hydrogen) atoms. The third kappa shape index (κ3) is 6.63. The highest BCUT2D eigenvalue weighted by molar-refractivity contribution is 6.74. The van der Waals surface area contributed by atoms with Gasteiger partial charge < -0.3 is 8.98 Å². The Bertz CT molecular complexity index is 4450. The van der Waals surface area contributed by atoms with Gasteiger partial charge in [0.25, 0.3) is 0 Å². The molecule has 0 bridgehead atoms. The topological polar surface area (TPSA) is 56.7 Å². The molecule has 0 aliphatic heterocycles. The van der Waals surface area contributed by atoms with Crippen molar-refractivity contribution < 1.29 is 4.42 Å².